The van der Waals surface area contributed by atoms with Gasteiger partial charge in [-0.3, -0.25) is 0 Å². The molecule has 0 bridgehead atoms. The van der Waals surface area contributed by atoms with Crippen LogP contribution in [0.2, 0.25) is 0 Å². The van der Waals surface area contributed by atoms with Crippen molar-refractivity contribution in [3.8, 4) is 12.3 Å². The number of terminal acetylenes is 1. The number of aliphatic hydroxyl groups is 5. The fourth-order valence-electron chi connectivity index (χ4n) is 6.44. The fourth-order valence-corrected chi connectivity index (χ4v) is 6.44. The maximum absolute atomic E-state index is 12.3. The van der Waals surface area contributed by atoms with Crippen molar-refractivity contribution in [3.63, 3.8) is 0 Å². The van der Waals surface area contributed by atoms with Gasteiger partial charge in [0.25, 0.3) is 0 Å². The fraction of sp³-hybridized carbons (Fsp3) is 0.833. The van der Waals surface area contributed by atoms with Crippen molar-refractivity contribution in [2.75, 3.05) is 0 Å². The summed E-state index contributed by atoms with van der Waals surface area (Å²) in [5.41, 5.74) is -6.52. The van der Waals surface area contributed by atoms with Crippen molar-refractivity contribution in [3.05, 3.63) is 11.1 Å². The number of hydrogen-bond donors (Lipinski definition) is 5. The van der Waals surface area contributed by atoms with Gasteiger partial charge >= 0.3 is 0 Å². The molecule has 5 N–H and O–H groups in total. The summed E-state index contributed by atoms with van der Waals surface area (Å²) < 4.78 is 0. The van der Waals surface area contributed by atoms with Crippen LogP contribution >= 0.6 is 0 Å². The van der Waals surface area contributed by atoms with Crippen LogP contribution in [0.25, 0.3) is 0 Å². The van der Waals surface area contributed by atoms with Crippen molar-refractivity contribution in [2.24, 2.45) is 22.7 Å². The van der Waals surface area contributed by atoms with Gasteiger partial charge in [-0.15, -0.1) is 12.3 Å². The highest BCUT2D eigenvalue weighted by Crippen LogP contribution is 2.65. The second-order valence-corrected chi connectivity index (χ2v) is 10.7. The van der Waals surface area contributed by atoms with E-state index in [1.54, 1.807) is 6.92 Å². The van der Waals surface area contributed by atoms with Crippen molar-refractivity contribution in [2.45, 2.75) is 104 Å². The zero-order chi connectivity index (χ0) is 22.8. The van der Waals surface area contributed by atoms with Crippen molar-refractivity contribution < 1.29 is 25.5 Å². The minimum atomic E-state index is -1.92. The average Bonchev–Trinajstić information content (AvgIpc) is 2.75. The van der Waals surface area contributed by atoms with Crippen LogP contribution in [0.4, 0.5) is 0 Å². The maximum atomic E-state index is 12.3. The van der Waals surface area contributed by atoms with E-state index in [1.807, 2.05) is 41.5 Å². The van der Waals surface area contributed by atoms with E-state index in [0.29, 0.717) is 6.42 Å². The largest absolute Gasteiger partial charge is 0.390 e. The zero-order valence-corrected chi connectivity index (χ0v) is 19.2. The van der Waals surface area contributed by atoms with E-state index in [0.717, 1.165) is 11.1 Å². The average molecular weight is 409 g/mol. The topological polar surface area (TPSA) is 101 Å². The molecule has 0 aromatic heterocycles. The van der Waals surface area contributed by atoms with E-state index in [1.165, 1.54) is 6.92 Å². The highest BCUT2D eigenvalue weighted by molar-refractivity contribution is 5.42. The summed E-state index contributed by atoms with van der Waals surface area (Å²) in [6, 6.07) is 0. The Hall–Kier alpha value is -0.900. The standard InChI is InChI=1S/C24H40O5/c1-10-12-21(8,23(28)13-11-15(4)18(25)22(23,9)27)24(29)19(26)17(14(2)3)16(5)20(24,6)7/h1,14-15,18-19,25-29H,11-13H2,2-9H3. The molecule has 0 spiro atoms. The molecule has 7 atom stereocenters. The van der Waals surface area contributed by atoms with Gasteiger partial charge in [0.15, 0.2) is 0 Å². The first-order chi connectivity index (χ1) is 13.0. The smallest absolute Gasteiger partial charge is 0.117 e. The quantitative estimate of drug-likeness (QED) is 0.363. The second-order valence-electron chi connectivity index (χ2n) is 10.7. The Labute approximate surface area is 175 Å². The number of hydrogen-bond acceptors (Lipinski definition) is 5. The van der Waals surface area contributed by atoms with Gasteiger partial charge in [-0.1, -0.05) is 47.1 Å². The first-order valence-electron chi connectivity index (χ1n) is 10.7. The summed E-state index contributed by atoms with van der Waals surface area (Å²) >= 11 is 0. The molecule has 0 saturated heterocycles. The van der Waals surface area contributed by atoms with E-state index in [9.17, 15) is 25.5 Å². The first kappa shape index (κ1) is 24.4. The van der Waals surface area contributed by atoms with Crippen LogP contribution in [0, 0.1) is 35.0 Å². The molecule has 0 aromatic carbocycles. The maximum Gasteiger partial charge on any atom is 0.117 e. The molecular weight excluding hydrogens is 368 g/mol. The highest BCUT2D eigenvalue weighted by Gasteiger charge is 2.75. The zero-order valence-electron chi connectivity index (χ0n) is 19.2. The van der Waals surface area contributed by atoms with Gasteiger partial charge in [0.05, 0.1) is 6.10 Å². The summed E-state index contributed by atoms with van der Waals surface area (Å²) in [5.74, 6) is 2.34. The molecule has 2 aliphatic carbocycles. The van der Waals surface area contributed by atoms with Gasteiger partial charge in [-0.2, -0.15) is 0 Å². The van der Waals surface area contributed by atoms with Crippen LogP contribution < -0.4 is 0 Å². The predicted octanol–water partition coefficient (Wildman–Crippen LogP) is 2.39. The van der Waals surface area contributed by atoms with Gasteiger partial charge < -0.3 is 25.5 Å². The molecule has 2 aliphatic rings. The lowest BCUT2D eigenvalue weighted by Gasteiger charge is -2.64. The lowest BCUT2D eigenvalue weighted by molar-refractivity contribution is -0.324. The summed E-state index contributed by atoms with van der Waals surface area (Å²) in [6.45, 7) is 14.4. The Bertz CT molecular complexity index is 730. The molecule has 0 aromatic rings. The van der Waals surface area contributed by atoms with Crippen LogP contribution in [-0.2, 0) is 0 Å². The lowest BCUT2D eigenvalue weighted by atomic mass is 9.46. The summed E-state index contributed by atoms with van der Waals surface area (Å²) in [6.07, 6.45) is 3.80. The van der Waals surface area contributed by atoms with Crippen LogP contribution in [0.15, 0.2) is 11.1 Å². The molecule has 2 rings (SSSR count). The van der Waals surface area contributed by atoms with Crippen molar-refractivity contribution >= 4 is 0 Å². The van der Waals surface area contributed by atoms with Crippen LogP contribution in [-0.4, -0.2) is 54.5 Å². The third kappa shape index (κ3) is 2.73. The van der Waals surface area contributed by atoms with Gasteiger partial charge in [0.2, 0.25) is 0 Å². The molecule has 29 heavy (non-hydrogen) atoms. The van der Waals surface area contributed by atoms with Gasteiger partial charge in [-0.05, 0) is 44.1 Å². The van der Waals surface area contributed by atoms with Gasteiger partial charge in [-0.25, -0.2) is 0 Å². The van der Waals surface area contributed by atoms with E-state index >= 15 is 0 Å². The van der Waals surface area contributed by atoms with E-state index in [4.69, 9.17) is 6.42 Å². The first-order valence-corrected chi connectivity index (χ1v) is 10.7. The number of rotatable bonds is 4. The molecule has 7 unspecified atom stereocenters. The van der Waals surface area contributed by atoms with Crippen molar-refractivity contribution in [1.82, 2.24) is 0 Å². The van der Waals surface area contributed by atoms with Crippen LogP contribution in [0.1, 0.15) is 74.7 Å². The van der Waals surface area contributed by atoms with E-state index in [-0.39, 0.29) is 24.7 Å². The summed E-state index contributed by atoms with van der Waals surface area (Å²) in [4.78, 5) is 0. The third-order valence-corrected chi connectivity index (χ3v) is 8.76. The van der Waals surface area contributed by atoms with Crippen LogP contribution in [0.5, 0.6) is 0 Å². The Morgan fingerprint density at radius 3 is 2.10 bits per heavy atom. The van der Waals surface area contributed by atoms with Crippen LogP contribution in [0.3, 0.4) is 0 Å². The van der Waals surface area contributed by atoms with Gasteiger partial charge in [0.1, 0.15) is 22.9 Å². The Balaban J connectivity index is 2.81. The predicted molar refractivity (Wildman–Crippen MR) is 114 cm³/mol. The molecule has 0 heterocycles. The third-order valence-electron chi connectivity index (χ3n) is 8.76. The Morgan fingerprint density at radius 2 is 1.69 bits per heavy atom. The molecular formula is C24H40O5. The normalized spacial score (nSPS) is 44.7. The van der Waals surface area contributed by atoms with Crippen molar-refractivity contribution in [1.29, 1.82) is 0 Å². The molecule has 0 amide bonds. The monoisotopic (exact) mass is 408 g/mol. The summed E-state index contributed by atoms with van der Waals surface area (Å²) in [5, 5.41) is 57.9. The molecule has 5 nitrogen and oxygen atoms in total. The van der Waals surface area contributed by atoms with E-state index in [2.05, 4.69) is 5.92 Å². The molecule has 1 saturated carbocycles. The summed E-state index contributed by atoms with van der Waals surface area (Å²) in [7, 11) is 0. The SMILES string of the molecule is C#CCC(C)(C1(O)CCC(C)C(O)C1(C)O)C1(O)C(O)C(C(C)C)=C(C)C1(C)C. The Kier molecular flexibility index (Phi) is 5.94. The second kappa shape index (κ2) is 7.07. The molecule has 0 aliphatic heterocycles. The minimum absolute atomic E-state index is 0.0134. The lowest BCUT2D eigenvalue weighted by Crippen LogP contribution is -2.78. The Morgan fingerprint density at radius 1 is 1.17 bits per heavy atom. The molecule has 0 radical (unpaired) electrons. The van der Waals surface area contributed by atoms with E-state index < -0.39 is 39.8 Å². The molecule has 5 heteroatoms. The minimum Gasteiger partial charge on any atom is -0.390 e. The number of aliphatic hydroxyl groups excluding tert-OH is 2. The molecule has 166 valence electrons. The molecule has 1 fully saturated rings. The van der Waals surface area contributed by atoms with Gasteiger partial charge in [0, 0.05) is 17.3 Å². The highest BCUT2D eigenvalue weighted by atomic mass is 16.4.